The van der Waals surface area contributed by atoms with Gasteiger partial charge in [-0.25, -0.2) is 4.39 Å². The number of anilines is 1. The van der Waals surface area contributed by atoms with E-state index in [1.54, 1.807) is 36.1 Å². The lowest BCUT2D eigenvalue weighted by atomic mass is 9.92. The third-order valence-corrected chi connectivity index (χ3v) is 4.94. The number of halogens is 1. The fourth-order valence-electron chi connectivity index (χ4n) is 3.47. The second kappa shape index (κ2) is 8.86. The van der Waals surface area contributed by atoms with E-state index in [2.05, 4.69) is 5.32 Å². The Morgan fingerprint density at radius 2 is 1.90 bits per heavy atom. The number of hydrogen-bond acceptors (Lipinski definition) is 3. The molecular weight excluding hydrogens is 383 g/mol. The van der Waals surface area contributed by atoms with E-state index in [1.807, 2.05) is 26.8 Å². The van der Waals surface area contributed by atoms with Gasteiger partial charge >= 0.3 is 0 Å². The summed E-state index contributed by atoms with van der Waals surface area (Å²) in [6.07, 6.45) is 0.441. The summed E-state index contributed by atoms with van der Waals surface area (Å²) < 4.78 is 19.0. The highest BCUT2D eigenvalue weighted by Gasteiger charge is 2.28. The van der Waals surface area contributed by atoms with Crippen molar-refractivity contribution in [3.8, 4) is 5.75 Å². The maximum Gasteiger partial charge on any atom is 0.263 e. The van der Waals surface area contributed by atoms with Crippen LogP contribution in [0.3, 0.4) is 0 Å². The van der Waals surface area contributed by atoms with Crippen LogP contribution >= 0.6 is 0 Å². The van der Waals surface area contributed by atoms with Gasteiger partial charge in [-0.2, -0.15) is 0 Å². The zero-order valence-corrected chi connectivity index (χ0v) is 18.0. The van der Waals surface area contributed by atoms with Crippen molar-refractivity contribution in [2.45, 2.75) is 53.2 Å². The van der Waals surface area contributed by atoms with Gasteiger partial charge in [0.2, 0.25) is 5.91 Å². The van der Waals surface area contributed by atoms with Gasteiger partial charge in [-0.1, -0.05) is 32.9 Å². The molecule has 0 saturated carbocycles. The Balaban J connectivity index is 1.74. The second-order valence-corrected chi connectivity index (χ2v) is 9.00. The third-order valence-electron chi connectivity index (χ3n) is 4.94. The highest BCUT2D eigenvalue weighted by molar-refractivity contribution is 5.91. The number of fused-ring (bicyclic) bond motifs is 1. The third kappa shape index (κ3) is 5.81. The van der Waals surface area contributed by atoms with Crippen LogP contribution in [0.1, 0.15) is 45.2 Å². The largest absolute Gasteiger partial charge is 0.481 e. The van der Waals surface area contributed by atoms with Crippen molar-refractivity contribution < 1.29 is 18.7 Å². The van der Waals surface area contributed by atoms with Crippen LogP contribution in [-0.4, -0.2) is 29.4 Å². The van der Waals surface area contributed by atoms with Crippen LogP contribution in [0.15, 0.2) is 42.5 Å². The van der Waals surface area contributed by atoms with Crippen molar-refractivity contribution in [1.82, 2.24) is 4.90 Å². The molecule has 1 aliphatic heterocycles. The molecule has 2 amide bonds. The van der Waals surface area contributed by atoms with E-state index in [0.717, 1.165) is 11.1 Å². The normalized spacial score (nSPS) is 16.5. The zero-order valence-electron chi connectivity index (χ0n) is 18.0. The first-order valence-electron chi connectivity index (χ1n) is 10.2. The van der Waals surface area contributed by atoms with E-state index in [1.165, 1.54) is 12.1 Å². The minimum absolute atomic E-state index is 0.0467. The molecule has 3 rings (SSSR count). The van der Waals surface area contributed by atoms with Gasteiger partial charge in [0.1, 0.15) is 11.6 Å². The van der Waals surface area contributed by atoms with Gasteiger partial charge in [0.05, 0.1) is 0 Å². The second-order valence-electron chi connectivity index (χ2n) is 9.00. The summed E-state index contributed by atoms with van der Waals surface area (Å²) >= 11 is 0. The van der Waals surface area contributed by atoms with E-state index >= 15 is 0 Å². The molecule has 1 N–H and O–H groups in total. The molecule has 0 fully saturated rings. The summed E-state index contributed by atoms with van der Waals surface area (Å²) in [5.41, 5.74) is 2.40. The molecule has 2 aromatic carbocycles. The number of nitrogens with one attached hydrogen (secondary N) is 1. The van der Waals surface area contributed by atoms with Gasteiger partial charge in [-0.05, 0) is 54.7 Å². The number of hydrogen-bond donors (Lipinski definition) is 1. The van der Waals surface area contributed by atoms with Crippen LogP contribution in [0.25, 0.3) is 0 Å². The minimum atomic E-state index is -0.596. The smallest absolute Gasteiger partial charge is 0.263 e. The van der Waals surface area contributed by atoms with Crippen molar-refractivity contribution >= 4 is 17.5 Å². The molecule has 0 saturated heterocycles. The van der Waals surface area contributed by atoms with Crippen molar-refractivity contribution in [1.29, 1.82) is 0 Å². The summed E-state index contributed by atoms with van der Waals surface area (Å²) in [7, 11) is 0. The van der Waals surface area contributed by atoms with E-state index in [0.29, 0.717) is 37.4 Å². The number of carbonyl (C=O) groups is 2. The average molecular weight is 413 g/mol. The molecule has 0 aromatic heterocycles. The molecule has 30 heavy (non-hydrogen) atoms. The number of rotatable bonds is 5. The number of benzene rings is 2. The molecule has 6 heteroatoms. The van der Waals surface area contributed by atoms with E-state index in [9.17, 15) is 14.0 Å². The number of nitrogens with zero attached hydrogens (tertiary/aromatic N) is 1. The fraction of sp³-hybridized carbons (Fsp3) is 0.417. The minimum Gasteiger partial charge on any atom is -0.481 e. The van der Waals surface area contributed by atoms with Gasteiger partial charge in [-0.15, -0.1) is 0 Å². The summed E-state index contributed by atoms with van der Waals surface area (Å²) in [5.74, 6) is 0.233. The van der Waals surface area contributed by atoms with Gasteiger partial charge in [0.15, 0.2) is 6.10 Å². The van der Waals surface area contributed by atoms with Gasteiger partial charge in [0.25, 0.3) is 5.91 Å². The molecule has 1 atom stereocenters. The van der Waals surface area contributed by atoms with Gasteiger partial charge in [-0.3, -0.25) is 9.59 Å². The molecule has 1 aliphatic rings. The summed E-state index contributed by atoms with van der Waals surface area (Å²) in [6, 6.07) is 11.8. The Morgan fingerprint density at radius 1 is 1.20 bits per heavy atom. The maximum atomic E-state index is 13.1. The van der Waals surface area contributed by atoms with Crippen molar-refractivity contribution in [3.63, 3.8) is 0 Å². The topological polar surface area (TPSA) is 58.6 Å². The quantitative estimate of drug-likeness (QED) is 0.784. The summed E-state index contributed by atoms with van der Waals surface area (Å²) in [5, 5.41) is 2.94. The molecule has 1 heterocycles. The molecule has 0 unspecified atom stereocenters. The maximum absolute atomic E-state index is 13.1. The number of carbonyl (C=O) groups excluding carboxylic acids is 2. The standard InChI is InChI=1S/C24H29FN2O3/c1-16-23(29)27(12-11-17-5-7-19(25)8-6-17)15-18-13-20(9-10-21(18)30-16)26-22(28)14-24(2,3)4/h5-10,13,16H,11-12,14-15H2,1-4H3,(H,26,28)/t16-/m1/s1. The lowest BCUT2D eigenvalue weighted by Gasteiger charge is -2.22. The molecule has 160 valence electrons. The average Bonchev–Trinajstić information content (AvgIpc) is 2.76. The molecule has 0 bridgehead atoms. The monoisotopic (exact) mass is 412 g/mol. The molecule has 2 aromatic rings. The molecule has 0 spiro atoms. The lowest BCUT2D eigenvalue weighted by Crippen LogP contribution is -2.39. The first-order valence-corrected chi connectivity index (χ1v) is 10.2. The van der Waals surface area contributed by atoms with Crippen LogP contribution in [0.2, 0.25) is 0 Å². The van der Waals surface area contributed by atoms with E-state index < -0.39 is 6.10 Å². The molecule has 0 aliphatic carbocycles. The Labute approximate surface area is 177 Å². The first kappa shape index (κ1) is 21.8. The van der Waals surface area contributed by atoms with Crippen LogP contribution < -0.4 is 10.1 Å². The lowest BCUT2D eigenvalue weighted by molar-refractivity contribution is -0.137. The predicted molar refractivity (Wildman–Crippen MR) is 115 cm³/mol. The van der Waals surface area contributed by atoms with Crippen molar-refractivity contribution in [3.05, 3.63) is 59.4 Å². The summed E-state index contributed by atoms with van der Waals surface area (Å²) in [6.45, 7) is 8.68. The zero-order chi connectivity index (χ0) is 21.9. The number of ether oxygens (including phenoxy) is 1. The van der Waals surface area contributed by atoms with Crippen LogP contribution in [0.4, 0.5) is 10.1 Å². The molecule has 5 nitrogen and oxygen atoms in total. The fourth-order valence-corrected chi connectivity index (χ4v) is 3.47. The Morgan fingerprint density at radius 3 is 2.57 bits per heavy atom. The SMILES string of the molecule is C[C@H]1Oc2ccc(NC(=O)CC(C)(C)C)cc2CN(CCc2ccc(F)cc2)C1=O. The van der Waals surface area contributed by atoms with Crippen molar-refractivity contribution in [2.75, 3.05) is 11.9 Å². The van der Waals surface area contributed by atoms with Gasteiger partial charge in [0, 0.05) is 30.8 Å². The van der Waals surface area contributed by atoms with Crippen LogP contribution in [-0.2, 0) is 22.6 Å². The summed E-state index contributed by atoms with van der Waals surface area (Å²) in [4.78, 5) is 26.8. The van der Waals surface area contributed by atoms with Crippen molar-refractivity contribution in [2.24, 2.45) is 5.41 Å². The molecular formula is C24H29FN2O3. The van der Waals surface area contributed by atoms with E-state index in [-0.39, 0.29) is 23.0 Å². The number of amides is 2. The Hall–Kier alpha value is -2.89. The molecule has 0 radical (unpaired) electrons. The highest BCUT2D eigenvalue weighted by atomic mass is 19.1. The Bertz CT molecular complexity index is 919. The van der Waals surface area contributed by atoms with Crippen LogP contribution in [0, 0.1) is 11.2 Å². The van der Waals surface area contributed by atoms with Crippen LogP contribution in [0.5, 0.6) is 5.75 Å². The first-order chi connectivity index (χ1) is 14.1. The van der Waals surface area contributed by atoms with E-state index in [4.69, 9.17) is 4.74 Å². The predicted octanol–water partition coefficient (Wildman–Crippen LogP) is 4.55. The van der Waals surface area contributed by atoms with Gasteiger partial charge < -0.3 is 15.0 Å². The Kier molecular flexibility index (Phi) is 6.44. The highest BCUT2D eigenvalue weighted by Crippen LogP contribution is 2.29.